The summed E-state index contributed by atoms with van der Waals surface area (Å²) < 4.78 is 5.36. The van der Waals surface area contributed by atoms with Gasteiger partial charge in [-0.3, -0.25) is 4.79 Å². The molecule has 24 heavy (non-hydrogen) atoms. The predicted octanol–water partition coefficient (Wildman–Crippen LogP) is 3.87. The number of benzene rings is 2. The number of methoxy groups -OCH3 is 1. The van der Waals surface area contributed by atoms with Crippen LogP contribution in [0.2, 0.25) is 0 Å². The monoisotopic (exact) mass is 328 g/mol. The molecule has 2 rings (SSSR count). The Bertz CT molecular complexity index is 707. The van der Waals surface area contributed by atoms with Crippen LogP contribution >= 0.6 is 0 Å². The minimum Gasteiger partial charge on any atom is -0.503 e. The van der Waals surface area contributed by atoms with Gasteiger partial charge >= 0.3 is 0 Å². The summed E-state index contributed by atoms with van der Waals surface area (Å²) in [6, 6.07) is 11.6. The van der Waals surface area contributed by atoms with Gasteiger partial charge in [-0.15, -0.1) is 0 Å². The summed E-state index contributed by atoms with van der Waals surface area (Å²) in [7, 11) is 1.50. The summed E-state index contributed by atoms with van der Waals surface area (Å²) in [5.41, 5.74) is 3.20. The Morgan fingerprint density at radius 1 is 1.12 bits per heavy atom. The Balaban J connectivity index is 2.41. The van der Waals surface area contributed by atoms with E-state index in [0.717, 1.165) is 29.9 Å². The van der Waals surface area contributed by atoms with Crippen LogP contribution in [0.4, 0.5) is 11.4 Å². The molecule has 0 radical (unpaired) electrons. The average Bonchev–Trinajstić information content (AvgIpc) is 2.58. The Morgan fingerprint density at radius 3 is 2.25 bits per heavy atom. The highest BCUT2D eigenvalue weighted by Crippen LogP contribution is 2.42. The topological polar surface area (TPSA) is 61.8 Å². The van der Waals surface area contributed by atoms with Gasteiger partial charge < -0.3 is 20.1 Å². The van der Waals surface area contributed by atoms with Crippen molar-refractivity contribution in [3.63, 3.8) is 0 Å². The van der Waals surface area contributed by atoms with Gasteiger partial charge in [0.2, 0.25) is 5.91 Å². The van der Waals surface area contributed by atoms with Crippen molar-refractivity contribution in [1.82, 2.24) is 0 Å². The lowest BCUT2D eigenvalue weighted by Gasteiger charge is -2.21. The first-order valence-corrected chi connectivity index (χ1v) is 8.04. The quantitative estimate of drug-likeness (QED) is 0.790. The molecular formula is C19H24N2O3. The summed E-state index contributed by atoms with van der Waals surface area (Å²) in [5, 5.41) is 12.9. The van der Waals surface area contributed by atoms with E-state index in [1.165, 1.54) is 14.0 Å². The van der Waals surface area contributed by atoms with Gasteiger partial charge in [0.25, 0.3) is 0 Å². The van der Waals surface area contributed by atoms with E-state index in [0.29, 0.717) is 11.4 Å². The molecule has 2 aromatic rings. The maximum absolute atomic E-state index is 11.2. The highest BCUT2D eigenvalue weighted by atomic mass is 16.5. The van der Waals surface area contributed by atoms with Gasteiger partial charge in [-0.05, 0) is 43.7 Å². The molecule has 0 saturated carbocycles. The van der Waals surface area contributed by atoms with Crippen molar-refractivity contribution in [2.24, 2.45) is 0 Å². The van der Waals surface area contributed by atoms with Crippen LogP contribution in [0.25, 0.3) is 11.1 Å². The third-order valence-corrected chi connectivity index (χ3v) is 3.95. The van der Waals surface area contributed by atoms with Crippen molar-refractivity contribution >= 4 is 17.3 Å². The molecule has 2 aromatic carbocycles. The van der Waals surface area contributed by atoms with Crippen molar-refractivity contribution in [2.45, 2.75) is 20.8 Å². The molecule has 0 saturated heterocycles. The first-order valence-electron chi connectivity index (χ1n) is 8.04. The molecule has 128 valence electrons. The van der Waals surface area contributed by atoms with Crippen LogP contribution in [-0.4, -0.2) is 31.2 Å². The highest BCUT2D eigenvalue weighted by molar-refractivity contribution is 5.92. The standard InChI is InChI=1S/C19H24N2O3/c1-5-21(6-2)15-9-7-14(8-10-15)16-11-12-17(20-13(3)22)18(23)19(16)24-4/h7-12,23H,5-6H2,1-4H3,(H,20,22). The molecule has 0 aliphatic carbocycles. The van der Waals surface area contributed by atoms with Crippen LogP contribution in [0.5, 0.6) is 11.5 Å². The van der Waals surface area contributed by atoms with Gasteiger partial charge in [-0.2, -0.15) is 0 Å². The fourth-order valence-corrected chi connectivity index (χ4v) is 2.74. The first-order chi connectivity index (χ1) is 11.5. The number of hydrogen-bond donors (Lipinski definition) is 2. The Kier molecular flexibility index (Phi) is 5.68. The van der Waals surface area contributed by atoms with Crippen molar-refractivity contribution in [1.29, 1.82) is 0 Å². The molecule has 0 aliphatic heterocycles. The van der Waals surface area contributed by atoms with Crippen LogP contribution in [-0.2, 0) is 4.79 Å². The minimum atomic E-state index is -0.247. The average molecular weight is 328 g/mol. The summed E-state index contributed by atoms with van der Waals surface area (Å²) in [4.78, 5) is 13.5. The number of amides is 1. The van der Waals surface area contributed by atoms with Gasteiger partial charge in [-0.1, -0.05) is 12.1 Å². The van der Waals surface area contributed by atoms with E-state index in [9.17, 15) is 9.90 Å². The summed E-state index contributed by atoms with van der Waals surface area (Å²) >= 11 is 0. The second-order valence-electron chi connectivity index (χ2n) is 5.44. The maximum Gasteiger partial charge on any atom is 0.221 e. The second kappa shape index (κ2) is 7.73. The number of carbonyl (C=O) groups is 1. The van der Waals surface area contributed by atoms with Gasteiger partial charge in [0.1, 0.15) is 0 Å². The van der Waals surface area contributed by atoms with Crippen LogP contribution in [0.15, 0.2) is 36.4 Å². The number of carbonyl (C=O) groups excluding carboxylic acids is 1. The zero-order valence-corrected chi connectivity index (χ0v) is 14.6. The van der Waals surface area contributed by atoms with Crippen molar-refractivity contribution < 1.29 is 14.6 Å². The van der Waals surface area contributed by atoms with E-state index in [4.69, 9.17) is 4.74 Å². The van der Waals surface area contributed by atoms with Crippen LogP contribution < -0.4 is 15.0 Å². The number of rotatable bonds is 6. The summed E-state index contributed by atoms with van der Waals surface area (Å²) in [5.74, 6) is 0.0264. The van der Waals surface area contributed by atoms with E-state index in [2.05, 4.69) is 36.2 Å². The molecule has 0 unspecified atom stereocenters. The van der Waals surface area contributed by atoms with Crippen molar-refractivity contribution in [3.8, 4) is 22.6 Å². The Labute approximate surface area is 142 Å². The largest absolute Gasteiger partial charge is 0.503 e. The molecule has 5 nitrogen and oxygen atoms in total. The van der Waals surface area contributed by atoms with Gasteiger partial charge in [0.05, 0.1) is 12.8 Å². The molecule has 5 heteroatoms. The number of ether oxygens (including phenoxy) is 1. The van der Waals surface area contributed by atoms with Gasteiger partial charge in [0.15, 0.2) is 11.5 Å². The lowest BCUT2D eigenvalue weighted by molar-refractivity contribution is -0.114. The molecule has 2 N–H and O–H groups in total. The predicted molar refractivity (Wildman–Crippen MR) is 98.0 cm³/mol. The molecule has 0 bridgehead atoms. The molecule has 0 spiro atoms. The summed E-state index contributed by atoms with van der Waals surface area (Å²) in [6.45, 7) is 7.54. The third-order valence-electron chi connectivity index (χ3n) is 3.95. The molecule has 0 fully saturated rings. The molecule has 0 atom stereocenters. The zero-order chi connectivity index (χ0) is 17.7. The lowest BCUT2D eigenvalue weighted by Crippen LogP contribution is -2.21. The zero-order valence-electron chi connectivity index (χ0n) is 14.6. The molecule has 0 aromatic heterocycles. The molecule has 1 amide bonds. The van der Waals surface area contributed by atoms with Crippen molar-refractivity contribution in [3.05, 3.63) is 36.4 Å². The number of nitrogens with one attached hydrogen (secondary N) is 1. The fraction of sp³-hybridized carbons (Fsp3) is 0.316. The van der Waals surface area contributed by atoms with Crippen molar-refractivity contribution in [2.75, 3.05) is 30.4 Å². The molecule has 0 aliphatic rings. The van der Waals surface area contributed by atoms with E-state index < -0.39 is 0 Å². The second-order valence-corrected chi connectivity index (χ2v) is 5.44. The number of hydrogen-bond acceptors (Lipinski definition) is 4. The number of phenols is 1. The Hall–Kier alpha value is -2.69. The minimum absolute atomic E-state index is 0.0713. The number of aromatic hydroxyl groups is 1. The normalized spacial score (nSPS) is 10.3. The van der Waals surface area contributed by atoms with E-state index >= 15 is 0 Å². The molecule has 0 heterocycles. The SMILES string of the molecule is CCN(CC)c1ccc(-c2ccc(NC(C)=O)c(O)c2OC)cc1. The Morgan fingerprint density at radius 2 is 1.75 bits per heavy atom. The molecular weight excluding hydrogens is 304 g/mol. The number of nitrogens with zero attached hydrogens (tertiary/aromatic N) is 1. The van der Waals surface area contributed by atoms with Gasteiger partial charge in [-0.25, -0.2) is 0 Å². The first kappa shape index (κ1) is 17.7. The number of anilines is 2. The van der Waals surface area contributed by atoms with E-state index in [1.54, 1.807) is 6.07 Å². The summed E-state index contributed by atoms with van der Waals surface area (Å²) in [6.07, 6.45) is 0. The van der Waals surface area contributed by atoms with Crippen LogP contribution in [0.3, 0.4) is 0 Å². The van der Waals surface area contributed by atoms with E-state index in [1.807, 2.05) is 18.2 Å². The fourth-order valence-electron chi connectivity index (χ4n) is 2.74. The smallest absolute Gasteiger partial charge is 0.221 e. The van der Waals surface area contributed by atoms with E-state index in [-0.39, 0.29) is 11.7 Å². The van der Waals surface area contributed by atoms with Crippen LogP contribution in [0, 0.1) is 0 Å². The third kappa shape index (κ3) is 3.62. The van der Waals surface area contributed by atoms with Crippen LogP contribution in [0.1, 0.15) is 20.8 Å². The lowest BCUT2D eigenvalue weighted by atomic mass is 10.0. The maximum atomic E-state index is 11.2. The number of phenolic OH excluding ortho intramolecular Hbond substituents is 1. The highest BCUT2D eigenvalue weighted by Gasteiger charge is 2.15. The van der Waals surface area contributed by atoms with Gasteiger partial charge in [0, 0.05) is 31.3 Å².